The van der Waals surface area contributed by atoms with Crippen molar-refractivity contribution in [1.29, 1.82) is 0 Å². The fraction of sp³-hybridized carbons (Fsp3) is 0.0588. The summed E-state index contributed by atoms with van der Waals surface area (Å²) in [6, 6.07) is 12.1. The van der Waals surface area contributed by atoms with Gasteiger partial charge in [-0.1, -0.05) is 29.8 Å². The minimum atomic E-state index is -0.391. The number of anilines is 1. The van der Waals surface area contributed by atoms with Crippen molar-refractivity contribution in [2.75, 3.05) is 12.4 Å². The molecule has 2 aromatic rings. The summed E-state index contributed by atoms with van der Waals surface area (Å²) in [4.78, 5) is 23.5. The van der Waals surface area contributed by atoms with Gasteiger partial charge in [-0.15, -0.1) is 0 Å². The summed E-state index contributed by atoms with van der Waals surface area (Å²) in [6.07, 6.45) is 1.77. The summed E-state index contributed by atoms with van der Waals surface area (Å²) in [6.45, 7) is 0. The van der Waals surface area contributed by atoms with Gasteiger partial charge in [-0.2, -0.15) is 0 Å². The number of halogens is 1. The molecule has 0 radical (unpaired) electrons. The summed E-state index contributed by atoms with van der Waals surface area (Å²) >= 11 is 5.93. The maximum absolute atomic E-state index is 12.1. The average Bonchev–Trinajstić information content (AvgIpc) is 2.82. The first-order valence-corrected chi connectivity index (χ1v) is 6.97. The van der Waals surface area contributed by atoms with Gasteiger partial charge in [0.1, 0.15) is 0 Å². The van der Waals surface area contributed by atoms with Crippen molar-refractivity contribution in [3.8, 4) is 0 Å². The lowest BCUT2D eigenvalue weighted by Crippen LogP contribution is -2.03. The third kappa shape index (κ3) is 2.61. The van der Waals surface area contributed by atoms with Gasteiger partial charge in [0.15, 0.2) is 0 Å². The van der Waals surface area contributed by atoms with Crippen LogP contribution in [-0.2, 0) is 9.53 Å². The SMILES string of the molecule is COC(=O)c1ccc(C=C2C(=O)Nc3cc(Cl)ccc32)cc1. The molecule has 0 spiro atoms. The fourth-order valence-corrected chi connectivity index (χ4v) is 2.48. The number of ether oxygens (including phenoxy) is 1. The van der Waals surface area contributed by atoms with Gasteiger partial charge in [-0.3, -0.25) is 4.79 Å². The van der Waals surface area contributed by atoms with Gasteiger partial charge in [-0.05, 0) is 35.9 Å². The Bertz CT molecular complexity index is 794. The summed E-state index contributed by atoms with van der Waals surface area (Å²) in [5, 5.41) is 3.35. The maximum Gasteiger partial charge on any atom is 0.337 e. The quantitative estimate of drug-likeness (QED) is 0.680. The van der Waals surface area contributed by atoms with Crippen molar-refractivity contribution in [3.05, 3.63) is 64.2 Å². The molecule has 1 aliphatic heterocycles. The number of esters is 1. The molecule has 0 saturated carbocycles. The number of nitrogens with one attached hydrogen (secondary N) is 1. The van der Waals surface area contributed by atoms with E-state index in [-0.39, 0.29) is 5.91 Å². The van der Waals surface area contributed by atoms with Crippen LogP contribution in [0.5, 0.6) is 0 Å². The van der Waals surface area contributed by atoms with Crippen LogP contribution in [0, 0.1) is 0 Å². The highest BCUT2D eigenvalue weighted by Gasteiger charge is 2.24. The number of hydrogen-bond donors (Lipinski definition) is 1. The Morgan fingerprint density at radius 1 is 1.18 bits per heavy atom. The zero-order valence-electron chi connectivity index (χ0n) is 11.7. The topological polar surface area (TPSA) is 55.4 Å². The molecule has 0 unspecified atom stereocenters. The van der Waals surface area contributed by atoms with E-state index in [4.69, 9.17) is 11.6 Å². The first kappa shape index (κ1) is 14.4. The Hall–Kier alpha value is -2.59. The van der Waals surface area contributed by atoms with E-state index < -0.39 is 5.97 Å². The van der Waals surface area contributed by atoms with Gasteiger partial charge in [0.05, 0.1) is 18.4 Å². The minimum absolute atomic E-state index is 0.172. The Balaban J connectivity index is 1.96. The monoisotopic (exact) mass is 313 g/mol. The second-order valence-corrected chi connectivity index (χ2v) is 5.25. The average molecular weight is 314 g/mol. The predicted octanol–water partition coefficient (Wildman–Crippen LogP) is 3.62. The summed E-state index contributed by atoms with van der Waals surface area (Å²) in [5.41, 5.74) is 3.37. The number of hydrogen-bond acceptors (Lipinski definition) is 3. The molecule has 110 valence electrons. The van der Waals surface area contributed by atoms with Gasteiger partial charge < -0.3 is 10.1 Å². The second kappa shape index (κ2) is 5.66. The number of methoxy groups -OCH3 is 1. The normalized spacial score (nSPS) is 14.6. The molecule has 22 heavy (non-hydrogen) atoms. The minimum Gasteiger partial charge on any atom is -0.465 e. The molecule has 0 bridgehead atoms. The van der Waals surface area contributed by atoms with Crippen molar-refractivity contribution in [2.24, 2.45) is 0 Å². The molecule has 0 saturated heterocycles. The van der Waals surface area contributed by atoms with Crippen LogP contribution in [0.2, 0.25) is 5.02 Å². The number of amides is 1. The first-order chi connectivity index (χ1) is 10.6. The molecule has 0 aliphatic carbocycles. The van der Waals surface area contributed by atoms with E-state index in [1.54, 1.807) is 42.5 Å². The third-order valence-corrected chi connectivity index (χ3v) is 3.64. The Morgan fingerprint density at radius 2 is 1.91 bits per heavy atom. The van der Waals surface area contributed by atoms with Gasteiger partial charge in [-0.25, -0.2) is 4.79 Å². The standard InChI is InChI=1S/C17H12ClNO3/c1-22-17(21)11-4-2-10(3-5-11)8-14-13-7-6-12(18)9-15(13)19-16(14)20/h2-9H,1H3,(H,19,20). The van der Waals surface area contributed by atoms with Crippen LogP contribution in [0.3, 0.4) is 0 Å². The van der Waals surface area contributed by atoms with Crippen LogP contribution in [0.4, 0.5) is 5.69 Å². The van der Waals surface area contributed by atoms with E-state index in [0.717, 1.165) is 11.1 Å². The molecule has 0 atom stereocenters. The lowest BCUT2D eigenvalue weighted by atomic mass is 10.0. The van der Waals surface area contributed by atoms with E-state index >= 15 is 0 Å². The van der Waals surface area contributed by atoms with Crippen molar-refractivity contribution < 1.29 is 14.3 Å². The lowest BCUT2D eigenvalue weighted by Gasteiger charge is -2.01. The van der Waals surface area contributed by atoms with Crippen LogP contribution in [-0.4, -0.2) is 19.0 Å². The second-order valence-electron chi connectivity index (χ2n) is 4.82. The number of carbonyl (C=O) groups is 2. The lowest BCUT2D eigenvalue weighted by molar-refractivity contribution is -0.110. The number of benzene rings is 2. The largest absolute Gasteiger partial charge is 0.465 e. The van der Waals surface area contributed by atoms with Crippen LogP contribution in [0.25, 0.3) is 11.6 Å². The van der Waals surface area contributed by atoms with Gasteiger partial charge in [0, 0.05) is 16.2 Å². The summed E-state index contributed by atoms with van der Waals surface area (Å²) in [5.74, 6) is -0.563. The van der Waals surface area contributed by atoms with E-state index in [1.807, 2.05) is 6.07 Å². The zero-order valence-corrected chi connectivity index (χ0v) is 12.5. The van der Waals surface area contributed by atoms with Crippen molar-refractivity contribution in [3.63, 3.8) is 0 Å². The molecular formula is C17H12ClNO3. The highest BCUT2D eigenvalue weighted by Crippen LogP contribution is 2.34. The number of carbonyl (C=O) groups excluding carboxylic acids is 2. The van der Waals surface area contributed by atoms with E-state index in [1.165, 1.54) is 7.11 Å². The van der Waals surface area contributed by atoms with Crippen LogP contribution < -0.4 is 5.32 Å². The third-order valence-electron chi connectivity index (χ3n) is 3.41. The molecule has 3 rings (SSSR count). The van der Waals surface area contributed by atoms with E-state index in [0.29, 0.717) is 21.8 Å². The Labute approximate surface area is 132 Å². The van der Waals surface area contributed by atoms with Crippen molar-refractivity contribution in [2.45, 2.75) is 0 Å². The van der Waals surface area contributed by atoms with Gasteiger partial charge in [0.25, 0.3) is 5.91 Å². The van der Waals surface area contributed by atoms with Crippen molar-refractivity contribution in [1.82, 2.24) is 0 Å². The van der Waals surface area contributed by atoms with Gasteiger partial charge in [0.2, 0.25) is 0 Å². The van der Waals surface area contributed by atoms with Crippen LogP contribution in [0.1, 0.15) is 21.5 Å². The predicted molar refractivity (Wildman–Crippen MR) is 85.7 cm³/mol. The van der Waals surface area contributed by atoms with Crippen molar-refractivity contribution >= 4 is 40.8 Å². The summed E-state index contributed by atoms with van der Waals surface area (Å²) < 4.78 is 4.65. The molecule has 0 aromatic heterocycles. The van der Waals surface area contributed by atoms with E-state index in [2.05, 4.69) is 10.1 Å². The maximum atomic E-state index is 12.1. The molecule has 1 amide bonds. The molecule has 1 heterocycles. The first-order valence-electron chi connectivity index (χ1n) is 6.60. The molecule has 1 aliphatic rings. The van der Waals surface area contributed by atoms with Crippen LogP contribution in [0.15, 0.2) is 42.5 Å². The van der Waals surface area contributed by atoms with Crippen LogP contribution >= 0.6 is 11.6 Å². The summed E-state index contributed by atoms with van der Waals surface area (Å²) in [7, 11) is 1.34. The molecule has 1 N–H and O–H groups in total. The highest BCUT2D eigenvalue weighted by atomic mass is 35.5. The number of rotatable bonds is 2. The van der Waals surface area contributed by atoms with E-state index in [9.17, 15) is 9.59 Å². The Morgan fingerprint density at radius 3 is 2.59 bits per heavy atom. The molecule has 0 fully saturated rings. The molecule has 4 nitrogen and oxygen atoms in total. The molecule has 2 aromatic carbocycles. The number of fused-ring (bicyclic) bond motifs is 1. The molecule has 5 heteroatoms. The highest BCUT2D eigenvalue weighted by molar-refractivity contribution is 6.36. The zero-order chi connectivity index (χ0) is 15.7. The smallest absolute Gasteiger partial charge is 0.337 e. The fourth-order valence-electron chi connectivity index (χ4n) is 2.31. The van der Waals surface area contributed by atoms with Gasteiger partial charge >= 0.3 is 5.97 Å². The molecular weight excluding hydrogens is 302 g/mol. The Kier molecular flexibility index (Phi) is 3.69.